The van der Waals surface area contributed by atoms with Crippen molar-refractivity contribution in [3.63, 3.8) is 0 Å². The molecule has 0 fully saturated rings. The maximum atomic E-state index is 13.7. The van der Waals surface area contributed by atoms with Gasteiger partial charge in [-0.25, -0.2) is 8.42 Å². The van der Waals surface area contributed by atoms with Crippen LogP contribution in [0.2, 0.25) is 0 Å². The number of amides is 1. The lowest BCUT2D eigenvalue weighted by Crippen LogP contribution is -2.41. The molecule has 3 aromatic rings. The van der Waals surface area contributed by atoms with Gasteiger partial charge in [-0.2, -0.15) is 0 Å². The van der Waals surface area contributed by atoms with Gasteiger partial charge < -0.3 is 19.5 Å². The first kappa shape index (κ1) is 25.9. The van der Waals surface area contributed by atoms with Crippen molar-refractivity contribution in [3.05, 3.63) is 77.9 Å². The van der Waals surface area contributed by atoms with Crippen LogP contribution in [-0.4, -0.2) is 42.2 Å². The fourth-order valence-corrected chi connectivity index (χ4v) is 5.09. The number of carbonyl (C=O) groups excluding carboxylic acids is 1. The number of methoxy groups -OCH3 is 3. The predicted molar refractivity (Wildman–Crippen MR) is 135 cm³/mol. The summed E-state index contributed by atoms with van der Waals surface area (Å²) in [6.07, 6.45) is 0. The Morgan fingerprint density at radius 2 is 1.51 bits per heavy atom. The van der Waals surface area contributed by atoms with Crippen molar-refractivity contribution in [1.29, 1.82) is 0 Å². The summed E-state index contributed by atoms with van der Waals surface area (Å²) in [6, 6.07) is 18.2. The summed E-state index contributed by atoms with van der Waals surface area (Å²) >= 11 is 0. The van der Waals surface area contributed by atoms with Crippen LogP contribution in [0.25, 0.3) is 0 Å². The molecule has 0 saturated heterocycles. The molecule has 0 heterocycles. The van der Waals surface area contributed by atoms with Gasteiger partial charge in [0.05, 0.1) is 38.0 Å². The van der Waals surface area contributed by atoms with E-state index in [1.54, 1.807) is 37.4 Å². The molecule has 0 aliphatic carbocycles. The van der Waals surface area contributed by atoms with Gasteiger partial charge in [0.15, 0.2) is 11.5 Å². The monoisotopic (exact) mass is 498 g/mol. The largest absolute Gasteiger partial charge is 0.496 e. The van der Waals surface area contributed by atoms with Crippen molar-refractivity contribution in [2.75, 3.05) is 32.2 Å². The van der Waals surface area contributed by atoms with Crippen LogP contribution in [0, 0.1) is 6.92 Å². The van der Waals surface area contributed by atoms with Gasteiger partial charge in [0.25, 0.3) is 10.0 Å². The fourth-order valence-electron chi connectivity index (χ4n) is 3.65. The van der Waals surface area contributed by atoms with Crippen LogP contribution in [0.15, 0.2) is 71.6 Å². The first-order valence-corrected chi connectivity index (χ1v) is 12.4. The summed E-state index contributed by atoms with van der Waals surface area (Å²) in [7, 11) is 0.336. The summed E-state index contributed by atoms with van der Waals surface area (Å²) in [5, 5.41) is 2.88. The zero-order valence-electron chi connectivity index (χ0n) is 20.4. The SMILES string of the molecule is COc1ccc(S(=O)(=O)N(CC(=O)N[C@@H](C)c2ccccc2OC)c2ccc(C)cc2)cc1OC. The van der Waals surface area contributed by atoms with Gasteiger partial charge in [0.1, 0.15) is 12.3 Å². The average molecular weight is 499 g/mol. The van der Waals surface area contributed by atoms with Crippen molar-refractivity contribution in [3.8, 4) is 17.2 Å². The fraction of sp³-hybridized carbons (Fsp3) is 0.269. The molecule has 0 spiro atoms. The lowest BCUT2D eigenvalue weighted by molar-refractivity contribution is -0.120. The zero-order chi connectivity index (χ0) is 25.6. The van der Waals surface area contributed by atoms with E-state index in [9.17, 15) is 13.2 Å². The second-order valence-electron chi connectivity index (χ2n) is 7.90. The number of anilines is 1. The van der Waals surface area contributed by atoms with E-state index in [4.69, 9.17) is 14.2 Å². The first-order chi connectivity index (χ1) is 16.7. The molecule has 0 aliphatic heterocycles. The molecular weight excluding hydrogens is 468 g/mol. The number of aryl methyl sites for hydroxylation is 1. The number of benzene rings is 3. The summed E-state index contributed by atoms with van der Waals surface area (Å²) in [5.74, 6) is 0.838. The highest BCUT2D eigenvalue weighted by Crippen LogP contribution is 2.32. The number of rotatable bonds is 10. The minimum absolute atomic E-state index is 0.0266. The highest BCUT2D eigenvalue weighted by Gasteiger charge is 2.29. The van der Waals surface area contributed by atoms with E-state index in [0.717, 1.165) is 15.4 Å². The zero-order valence-corrected chi connectivity index (χ0v) is 21.3. The van der Waals surface area contributed by atoms with Crippen LogP contribution in [0.4, 0.5) is 5.69 Å². The van der Waals surface area contributed by atoms with Gasteiger partial charge in [-0.1, -0.05) is 35.9 Å². The number of carbonyl (C=O) groups is 1. The molecule has 9 heteroatoms. The number of hydrogen-bond acceptors (Lipinski definition) is 6. The molecular formula is C26H30N2O6S. The molecule has 0 aromatic heterocycles. The predicted octanol–water partition coefficient (Wildman–Crippen LogP) is 4.09. The molecule has 8 nitrogen and oxygen atoms in total. The molecule has 0 saturated carbocycles. The highest BCUT2D eigenvalue weighted by molar-refractivity contribution is 7.92. The molecule has 0 radical (unpaired) electrons. The van der Waals surface area contributed by atoms with E-state index >= 15 is 0 Å². The van der Waals surface area contributed by atoms with Crippen molar-refractivity contribution in [1.82, 2.24) is 5.32 Å². The van der Waals surface area contributed by atoms with Gasteiger partial charge in [0.2, 0.25) is 5.91 Å². The van der Waals surface area contributed by atoms with E-state index in [-0.39, 0.29) is 10.6 Å². The number of sulfonamides is 1. The Bertz CT molecular complexity index is 1280. The van der Waals surface area contributed by atoms with E-state index < -0.39 is 28.5 Å². The van der Waals surface area contributed by atoms with Gasteiger partial charge in [-0.3, -0.25) is 9.10 Å². The number of ether oxygens (including phenoxy) is 3. The van der Waals surface area contributed by atoms with E-state index in [1.807, 2.05) is 32.0 Å². The molecule has 0 unspecified atom stereocenters. The molecule has 35 heavy (non-hydrogen) atoms. The molecule has 3 rings (SSSR count). The Kier molecular flexibility index (Phi) is 8.24. The summed E-state index contributed by atoms with van der Waals surface area (Å²) < 4.78 is 44.4. The Hall–Kier alpha value is -3.72. The van der Waals surface area contributed by atoms with E-state index in [0.29, 0.717) is 17.2 Å². The van der Waals surface area contributed by atoms with Gasteiger partial charge in [-0.05, 0) is 44.2 Å². The molecule has 0 bridgehead atoms. The average Bonchev–Trinajstić information content (AvgIpc) is 2.87. The molecule has 0 aliphatic rings. The highest BCUT2D eigenvalue weighted by atomic mass is 32.2. The molecule has 3 aromatic carbocycles. The Labute approximate surface area is 206 Å². The normalized spacial score (nSPS) is 11.9. The second-order valence-corrected chi connectivity index (χ2v) is 9.76. The maximum Gasteiger partial charge on any atom is 0.264 e. The van der Waals surface area contributed by atoms with Crippen LogP contribution >= 0.6 is 0 Å². The Morgan fingerprint density at radius 1 is 0.886 bits per heavy atom. The third kappa shape index (κ3) is 5.86. The van der Waals surface area contributed by atoms with Crippen molar-refractivity contribution < 1.29 is 27.4 Å². The molecule has 1 atom stereocenters. The van der Waals surface area contributed by atoms with E-state index in [1.165, 1.54) is 32.4 Å². The van der Waals surface area contributed by atoms with Crippen LogP contribution < -0.4 is 23.8 Å². The summed E-state index contributed by atoms with van der Waals surface area (Å²) in [4.78, 5) is 13.0. The Morgan fingerprint density at radius 3 is 2.14 bits per heavy atom. The number of para-hydroxylation sites is 1. The number of nitrogens with zero attached hydrogens (tertiary/aromatic N) is 1. The lowest BCUT2D eigenvalue weighted by atomic mass is 10.1. The topological polar surface area (TPSA) is 94.2 Å². The number of nitrogens with one attached hydrogen (secondary N) is 1. The van der Waals surface area contributed by atoms with Crippen LogP contribution in [-0.2, 0) is 14.8 Å². The van der Waals surface area contributed by atoms with E-state index in [2.05, 4.69) is 5.32 Å². The second kappa shape index (κ2) is 11.1. The third-order valence-electron chi connectivity index (χ3n) is 5.54. The maximum absolute atomic E-state index is 13.7. The van der Waals surface area contributed by atoms with Crippen LogP contribution in [0.3, 0.4) is 0 Å². The van der Waals surface area contributed by atoms with Gasteiger partial charge >= 0.3 is 0 Å². The van der Waals surface area contributed by atoms with Gasteiger partial charge in [-0.15, -0.1) is 0 Å². The molecule has 1 amide bonds. The van der Waals surface area contributed by atoms with Crippen molar-refractivity contribution in [2.45, 2.75) is 24.8 Å². The minimum atomic E-state index is -4.12. The van der Waals surface area contributed by atoms with Crippen LogP contribution in [0.5, 0.6) is 17.2 Å². The Balaban J connectivity index is 1.94. The standard InChI is InChI=1S/C26H30N2O6S/c1-18-10-12-20(13-11-18)28(35(30,31)21-14-15-24(33-4)25(16-21)34-5)17-26(29)27-19(2)22-8-6-7-9-23(22)32-3/h6-16,19H,17H2,1-5H3,(H,27,29)/t19-/m0/s1. The van der Waals surface area contributed by atoms with Crippen molar-refractivity contribution in [2.24, 2.45) is 0 Å². The summed E-state index contributed by atoms with van der Waals surface area (Å²) in [5.41, 5.74) is 2.12. The molecule has 1 N–H and O–H groups in total. The quantitative estimate of drug-likeness (QED) is 0.452. The number of hydrogen-bond donors (Lipinski definition) is 1. The van der Waals surface area contributed by atoms with Crippen molar-refractivity contribution >= 4 is 21.6 Å². The molecule has 186 valence electrons. The van der Waals surface area contributed by atoms with Crippen LogP contribution in [0.1, 0.15) is 24.1 Å². The third-order valence-corrected chi connectivity index (χ3v) is 7.30. The first-order valence-electron chi connectivity index (χ1n) is 10.9. The summed E-state index contributed by atoms with van der Waals surface area (Å²) in [6.45, 7) is 3.30. The lowest BCUT2D eigenvalue weighted by Gasteiger charge is -2.26. The van der Waals surface area contributed by atoms with Gasteiger partial charge in [0, 0.05) is 11.6 Å². The smallest absolute Gasteiger partial charge is 0.264 e. The minimum Gasteiger partial charge on any atom is -0.496 e.